The molecule has 2 aliphatic rings. The van der Waals surface area contributed by atoms with E-state index in [2.05, 4.69) is 5.32 Å². The first-order valence-electron chi connectivity index (χ1n) is 5.20. The number of benzene rings is 1. The second kappa shape index (κ2) is 2.92. The lowest BCUT2D eigenvalue weighted by Gasteiger charge is -2.25. The maximum absolute atomic E-state index is 12.0. The minimum absolute atomic E-state index is 0.0277. The lowest BCUT2D eigenvalue weighted by Crippen LogP contribution is -2.37. The minimum atomic E-state index is -0.0741. The van der Waals surface area contributed by atoms with Gasteiger partial charge in [-0.1, -0.05) is 24.3 Å². The number of carbonyl (C=O) groups excluding carboxylic acids is 2. The third-order valence-electron chi connectivity index (χ3n) is 3.30. The van der Waals surface area contributed by atoms with Gasteiger partial charge in [0.1, 0.15) is 0 Å². The van der Waals surface area contributed by atoms with Gasteiger partial charge in [-0.05, 0) is 12.0 Å². The summed E-state index contributed by atoms with van der Waals surface area (Å²) >= 11 is 0. The SMILES string of the molecule is O=C1CCC2C(=O)c3ccccc3C2N1. The molecule has 1 heterocycles. The highest BCUT2D eigenvalue weighted by Crippen LogP contribution is 2.40. The monoisotopic (exact) mass is 201 g/mol. The molecule has 2 atom stereocenters. The van der Waals surface area contributed by atoms with Crippen LogP contribution in [0.1, 0.15) is 34.8 Å². The van der Waals surface area contributed by atoms with E-state index in [0.717, 1.165) is 11.1 Å². The topological polar surface area (TPSA) is 46.2 Å². The second-order valence-electron chi connectivity index (χ2n) is 4.14. The second-order valence-corrected chi connectivity index (χ2v) is 4.14. The van der Waals surface area contributed by atoms with E-state index >= 15 is 0 Å². The molecule has 0 bridgehead atoms. The summed E-state index contributed by atoms with van der Waals surface area (Å²) in [6.07, 6.45) is 1.16. The van der Waals surface area contributed by atoms with Crippen molar-refractivity contribution in [1.82, 2.24) is 5.32 Å². The number of carbonyl (C=O) groups is 2. The maximum atomic E-state index is 12.0. The predicted molar refractivity (Wildman–Crippen MR) is 54.4 cm³/mol. The van der Waals surface area contributed by atoms with E-state index in [1.807, 2.05) is 24.3 Å². The van der Waals surface area contributed by atoms with Crippen LogP contribution in [0.4, 0.5) is 0 Å². The van der Waals surface area contributed by atoms with Crippen LogP contribution in [0.2, 0.25) is 0 Å². The van der Waals surface area contributed by atoms with E-state index < -0.39 is 0 Å². The summed E-state index contributed by atoms with van der Waals surface area (Å²) in [6.45, 7) is 0. The van der Waals surface area contributed by atoms with Crippen molar-refractivity contribution in [3.63, 3.8) is 0 Å². The van der Waals surface area contributed by atoms with Gasteiger partial charge in [-0.25, -0.2) is 0 Å². The molecule has 1 amide bonds. The van der Waals surface area contributed by atoms with Crippen LogP contribution in [0, 0.1) is 5.92 Å². The highest BCUT2D eigenvalue weighted by atomic mass is 16.2. The minimum Gasteiger partial charge on any atom is -0.349 e. The van der Waals surface area contributed by atoms with Crippen LogP contribution in [0.25, 0.3) is 0 Å². The normalized spacial score (nSPS) is 28.3. The summed E-state index contributed by atoms with van der Waals surface area (Å²) in [7, 11) is 0. The Morgan fingerprint density at radius 3 is 2.87 bits per heavy atom. The van der Waals surface area contributed by atoms with Crippen molar-refractivity contribution < 1.29 is 9.59 Å². The molecule has 1 aromatic carbocycles. The number of Topliss-reactive ketones (excluding diaryl/α,β-unsaturated/α-hetero) is 1. The summed E-state index contributed by atoms with van der Waals surface area (Å²) in [5.41, 5.74) is 1.77. The van der Waals surface area contributed by atoms with Crippen LogP contribution in [0.15, 0.2) is 24.3 Å². The zero-order chi connectivity index (χ0) is 10.4. The van der Waals surface area contributed by atoms with E-state index in [-0.39, 0.29) is 23.7 Å². The number of amides is 1. The number of ketones is 1. The van der Waals surface area contributed by atoms with Gasteiger partial charge in [0.2, 0.25) is 5.91 Å². The Balaban J connectivity index is 2.10. The molecule has 1 fully saturated rings. The van der Waals surface area contributed by atoms with Gasteiger partial charge in [0.25, 0.3) is 0 Å². The van der Waals surface area contributed by atoms with Gasteiger partial charge in [-0.2, -0.15) is 0 Å². The number of hydrogen-bond acceptors (Lipinski definition) is 2. The van der Waals surface area contributed by atoms with Crippen LogP contribution >= 0.6 is 0 Å². The molecule has 76 valence electrons. The van der Waals surface area contributed by atoms with Gasteiger partial charge in [-0.15, -0.1) is 0 Å². The Hall–Kier alpha value is -1.64. The Morgan fingerprint density at radius 1 is 1.20 bits per heavy atom. The molecule has 1 aliphatic heterocycles. The molecule has 3 heteroatoms. The Bertz CT molecular complexity index is 453. The largest absolute Gasteiger partial charge is 0.349 e. The number of rotatable bonds is 0. The van der Waals surface area contributed by atoms with Crippen LogP contribution in [0.3, 0.4) is 0 Å². The third kappa shape index (κ3) is 1.12. The number of nitrogens with one attached hydrogen (secondary N) is 1. The first-order valence-corrected chi connectivity index (χ1v) is 5.20. The highest BCUT2D eigenvalue weighted by Gasteiger charge is 2.42. The third-order valence-corrected chi connectivity index (χ3v) is 3.30. The molecule has 2 unspecified atom stereocenters. The number of piperidine rings is 1. The lowest BCUT2D eigenvalue weighted by molar-refractivity contribution is -0.123. The first-order chi connectivity index (χ1) is 7.27. The Kier molecular flexibility index (Phi) is 1.69. The quantitative estimate of drug-likeness (QED) is 0.690. The van der Waals surface area contributed by atoms with E-state index in [0.29, 0.717) is 12.8 Å². The van der Waals surface area contributed by atoms with Crippen molar-refractivity contribution in [2.24, 2.45) is 5.92 Å². The van der Waals surface area contributed by atoms with Crippen LogP contribution < -0.4 is 5.32 Å². The molecule has 15 heavy (non-hydrogen) atoms. The molecule has 3 nitrogen and oxygen atoms in total. The number of fused-ring (bicyclic) bond motifs is 3. The summed E-state index contributed by atoms with van der Waals surface area (Å²) in [4.78, 5) is 23.3. The van der Waals surface area contributed by atoms with E-state index in [4.69, 9.17) is 0 Å². The molecule has 0 radical (unpaired) electrons. The van der Waals surface area contributed by atoms with Gasteiger partial charge in [0.15, 0.2) is 5.78 Å². The molecule has 1 N–H and O–H groups in total. The van der Waals surface area contributed by atoms with Gasteiger partial charge in [0, 0.05) is 17.9 Å². The van der Waals surface area contributed by atoms with Crippen molar-refractivity contribution in [3.8, 4) is 0 Å². The average molecular weight is 201 g/mol. The smallest absolute Gasteiger partial charge is 0.220 e. The maximum Gasteiger partial charge on any atom is 0.220 e. The van der Waals surface area contributed by atoms with Crippen molar-refractivity contribution in [1.29, 1.82) is 0 Å². The van der Waals surface area contributed by atoms with Crippen LogP contribution in [-0.4, -0.2) is 11.7 Å². The Morgan fingerprint density at radius 2 is 2.00 bits per heavy atom. The fourth-order valence-corrected chi connectivity index (χ4v) is 2.57. The molecular formula is C12H11NO2. The van der Waals surface area contributed by atoms with Gasteiger partial charge >= 0.3 is 0 Å². The predicted octanol–water partition coefficient (Wildman–Crippen LogP) is 1.45. The molecule has 0 spiro atoms. The molecule has 1 aliphatic carbocycles. The molecular weight excluding hydrogens is 190 g/mol. The fraction of sp³-hybridized carbons (Fsp3) is 0.333. The summed E-state index contributed by atoms with van der Waals surface area (Å²) < 4.78 is 0. The summed E-state index contributed by atoms with van der Waals surface area (Å²) in [5.74, 6) is 0.219. The van der Waals surface area contributed by atoms with E-state index in [1.165, 1.54) is 0 Å². The zero-order valence-electron chi connectivity index (χ0n) is 8.19. The number of hydrogen-bond donors (Lipinski definition) is 1. The molecule has 1 saturated heterocycles. The summed E-state index contributed by atoms with van der Waals surface area (Å²) in [5, 5.41) is 2.91. The Labute approximate surface area is 87.5 Å². The van der Waals surface area contributed by atoms with E-state index in [9.17, 15) is 9.59 Å². The summed E-state index contributed by atoms with van der Waals surface area (Å²) in [6, 6.07) is 7.49. The molecule has 3 rings (SSSR count). The van der Waals surface area contributed by atoms with Gasteiger partial charge in [-0.3, -0.25) is 9.59 Å². The van der Waals surface area contributed by atoms with Crippen molar-refractivity contribution in [2.45, 2.75) is 18.9 Å². The average Bonchev–Trinajstić information content (AvgIpc) is 2.54. The van der Waals surface area contributed by atoms with Crippen molar-refractivity contribution >= 4 is 11.7 Å². The fourth-order valence-electron chi connectivity index (χ4n) is 2.57. The van der Waals surface area contributed by atoms with Crippen LogP contribution in [-0.2, 0) is 4.79 Å². The zero-order valence-corrected chi connectivity index (χ0v) is 8.19. The first kappa shape index (κ1) is 8.65. The van der Waals surface area contributed by atoms with Gasteiger partial charge < -0.3 is 5.32 Å². The van der Waals surface area contributed by atoms with Crippen molar-refractivity contribution in [2.75, 3.05) is 0 Å². The molecule has 1 aromatic rings. The van der Waals surface area contributed by atoms with Crippen molar-refractivity contribution in [3.05, 3.63) is 35.4 Å². The molecule has 0 saturated carbocycles. The highest BCUT2D eigenvalue weighted by molar-refractivity contribution is 6.04. The van der Waals surface area contributed by atoms with Crippen LogP contribution in [0.5, 0.6) is 0 Å². The van der Waals surface area contributed by atoms with E-state index in [1.54, 1.807) is 0 Å². The standard InChI is InChI=1S/C12H11NO2/c14-10-6-5-9-11(13-10)7-3-1-2-4-8(7)12(9)15/h1-4,9,11H,5-6H2,(H,13,14). The van der Waals surface area contributed by atoms with Gasteiger partial charge in [0.05, 0.1) is 6.04 Å². The molecule has 0 aromatic heterocycles. The lowest BCUT2D eigenvalue weighted by atomic mass is 9.91.